The van der Waals surface area contributed by atoms with Crippen molar-refractivity contribution in [3.63, 3.8) is 0 Å². The monoisotopic (exact) mass is 482 g/mol. The molecule has 1 aromatic rings. The predicted molar refractivity (Wildman–Crippen MR) is 135 cm³/mol. The van der Waals surface area contributed by atoms with E-state index in [-0.39, 0.29) is 13.2 Å². The third kappa shape index (κ3) is 8.35. The Morgan fingerprint density at radius 1 is 0.906 bits per heavy atom. The van der Waals surface area contributed by atoms with Crippen LogP contribution in [0.3, 0.4) is 0 Å². The molecule has 0 bridgehead atoms. The maximum atomic E-state index is 12.6. The molecule has 0 radical (unpaired) electrons. The van der Waals surface area contributed by atoms with Crippen molar-refractivity contribution in [2.75, 3.05) is 18.5 Å². The van der Waals surface area contributed by atoms with Crippen molar-refractivity contribution >= 4 is 45.6 Å². The zero-order valence-corrected chi connectivity index (χ0v) is 21.4. The Bertz CT molecular complexity index is 751. The molecule has 6 nitrogen and oxygen atoms in total. The summed E-state index contributed by atoms with van der Waals surface area (Å²) in [4.78, 5) is 25.3. The van der Waals surface area contributed by atoms with Gasteiger partial charge in [0.05, 0.1) is 18.8 Å². The summed E-state index contributed by atoms with van der Waals surface area (Å²) in [5.74, 6) is -0.903. The van der Waals surface area contributed by atoms with Crippen molar-refractivity contribution in [1.29, 1.82) is 0 Å². The highest BCUT2D eigenvalue weighted by molar-refractivity contribution is 7.80. The highest BCUT2D eigenvalue weighted by Crippen LogP contribution is 2.34. The van der Waals surface area contributed by atoms with Gasteiger partial charge in [-0.15, -0.1) is 11.3 Å². The molecule has 0 atom stereocenters. The summed E-state index contributed by atoms with van der Waals surface area (Å²) in [5.41, 5.74) is 0.908. The molecule has 32 heavy (non-hydrogen) atoms. The van der Waals surface area contributed by atoms with E-state index in [2.05, 4.69) is 10.6 Å². The number of thiophene rings is 1. The molecule has 0 aromatic carbocycles. The average molecular weight is 483 g/mol. The van der Waals surface area contributed by atoms with Crippen molar-refractivity contribution in [2.45, 2.75) is 97.4 Å². The summed E-state index contributed by atoms with van der Waals surface area (Å²) in [6, 6.07) is 0.311. The number of esters is 2. The molecule has 180 valence electrons. The number of anilines is 1. The maximum Gasteiger partial charge on any atom is 0.348 e. The van der Waals surface area contributed by atoms with Gasteiger partial charge in [-0.05, 0) is 51.4 Å². The first kappa shape index (κ1) is 26.6. The van der Waals surface area contributed by atoms with Gasteiger partial charge in [-0.3, -0.25) is 0 Å². The molecule has 0 aliphatic heterocycles. The van der Waals surface area contributed by atoms with Crippen LogP contribution < -0.4 is 10.6 Å². The zero-order valence-electron chi connectivity index (χ0n) is 19.7. The number of hydrogen-bond donors (Lipinski definition) is 2. The topological polar surface area (TPSA) is 76.7 Å². The van der Waals surface area contributed by atoms with E-state index in [0.717, 1.165) is 12.8 Å². The Balaban J connectivity index is 2.10. The summed E-state index contributed by atoms with van der Waals surface area (Å²) < 4.78 is 10.4. The number of ether oxygens (including phenoxy) is 2. The largest absolute Gasteiger partial charge is 0.462 e. The van der Waals surface area contributed by atoms with Crippen LogP contribution in [0.2, 0.25) is 0 Å². The lowest BCUT2D eigenvalue weighted by molar-refractivity contribution is 0.0527. The lowest BCUT2D eigenvalue weighted by Gasteiger charge is -2.21. The summed E-state index contributed by atoms with van der Waals surface area (Å²) in [6.07, 6.45) is 13.8. The third-order valence-corrected chi connectivity index (χ3v) is 7.16. The fourth-order valence-corrected chi connectivity index (χ4v) is 5.50. The van der Waals surface area contributed by atoms with Gasteiger partial charge >= 0.3 is 11.9 Å². The second kappa shape index (κ2) is 14.5. The lowest BCUT2D eigenvalue weighted by Crippen LogP contribution is -2.38. The molecule has 0 saturated heterocycles. The smallest absolute Gasteiger partial charge is 0.348 e. The Kier molecular flexibility index (Phi) is 12.0. The normalized spacial score (nSPS) is 16.3. The molecule has 1 aromatic heterocycles. The Hall–Kier alpha value is -1.67. The number of thiocarbonyl (C=S) groups is 1. The van der Waals surface area contributed by atoms with Crippen molar-refractivity contribution in [2.24, 2.45) is 0 Å². The van der Waals surface area contributed by atoms with Gasteiger partial charge in [0.2, 0.25) is 0 Å². The molecule has 1 aliphatic carbocycles. The Labute approximate surface area is 201 Å². The third-order valence-electron chi connectivity index (χ3n) is 5.75. The molecule has 2 N–H and O–H groups in total. The molecule has 1 saturated carbocycles. The van der Waals surface area contributed by atoms with Crippen LogP contribution in [0.15, 0.2) is 0 Å². The van der Waals surface area contributed by atoms with Gasteiger partial charge in [0.1, 0.15) is 9.88 Å². The van der Waals surface area contributed by atoms with Crippen molar-refractivity contribution in [3.8, 4) is 0 Å². The predicted octanol–water partition coefficient (Wildman–Crippen LogP) is 6.37. The molecule has 8 heteroatoms. The van der Waals surface area contributed by atoms with Crippen LogP contribution in [0.5, 0.6) is 0 Å². The van der Waals surface area contributed by atoms with Gasteiger partial charge < -0.3 is 20.1 Å². The SMILES string of the molecule is CCOC(=O)c1sc(NC(=S)NC2CCCCCCCCCCC2)c(C(=O)OCC)c1C. The van der Waals surface area contributed by atoms with Crippen LogP contribution in [0.4, 0.5) is 5.00 Å². The highest BCUT2D eigenvalue weighted by atomic mass is 32.1. The van der Waals surface area contributed by atoms with Crippen LogP contribution in [0, 0.1) is 6.92 Å². The van der Waals surface area contributed by atoms with Crippen LogP contribution in [0.25, 0.3) is 0 Å². The van der Waals surface area contributed by atoms with E-state index in [4.69, 9.17) is 21.7 Å². The number of carbonyl (C=O) groups is 2. The molecule has 1 heterocycles. The first-order valence-corrected chi connectivity index (χ1v) is 13.3. The minimum absolute atomic E-state index is 0.257. The molecular weight excluding hydrogens is 444 g/mol. The summed E-state index contributed by atoms with van der Waals surface area (Å²) in [6.45, 7) is 5.79. The van der Waals surface area contributed by atoms with Gasteiger partial charge in [0.25, 0.3) is 0 Å². The highest BCUT2D eigenvalue weighted by Gasteiger charge is 2.27. The second-order valence-corrected chi connectivity index (χ2v) is 9.68. The van der Waals surface area contributed by atoms with Crippen molar-refractivity contribution in [1.82, 2.24) is 5.32 Å². The molecule has 0 spiro atoms. The minimum atomic E-state index is -0.465. The van der Waals surface area contributed by atoms with E-state index in [1.807, 2.05) is 0 Å². The standard InChI is InChI=1S/C24H38N2O4S2/c1-4-29-22(27)19-17(3)20(23(28)30-5-2)32-21(19)26-24(31)25-18-15-13-11-9-7-6-8-10-12-14-16-18/h18H,4-16H2,1-3H3,(H2,25,26,31). The summed E-state index contributed by atoms with van der Waals surface area (Å²) in [5, 5.41) is 7.63. The van der Waals surface area contributed by atoms with Gasteiger partial charge in [0, 0.05) is 6.04 Å². The zero-order chi connectivity index (χ0) is 23.3. The molecule has 2 rings (SSSR count). The van der Waals surface area contributed by atoms with E-state index >= 15 is 0 Å². The van der Waals surface area contributed by atoms with Gasteiger partial charge in [0.15, 0.2) is 5.11 Å². The molecule has 1 fully saturated rings. The average Bonchev–Trinajstić information content (AvgIpc) is 3.06. The molecular formula is C24H38N2O4S2. The van der Waals surface area contributed by atoms with Crippen molar-refractivity contribution in [3.05, 3.63) is 16.0 Å². The first-order valence-electron chi connectivity index (χ1n) is 12.0. The van der Waals surface area contributed by atoms with Gasteiger partial charge in [-0.2, -0.15) is 0 Å². The van der Waals surface area contributed by atoms with E-state index in [9.17, 15) is 9.59 Å². The van der Waals surface area contributed by atoms with E-state index < -0.39 is 11.9 Å². The summed E-state index contributed by atoms with van der Waals surface area (Å²) >= 11 is 6.78. The van der Waals surface area contributed by atoms with Crippen LogP contribution >= 0.6 is 23.6 Å². The molecule has 1 aliphatic rings. The van der Waals surface area contributed by atoms with Crippen LogP contribution in [-0.2, 0) is 9.47 Å². The van der Waals surface area contributed by atoms with E-state index in [1.165, 1.54) is 69.1 Å². The lowest BCUT2D eigenvalue weighted by atomic mass is 9.98. The van der Waals surface area contributed by atoms with Crippen molar-refractivity contribution < 1.29 is 19.1 Å². The number of hydrogen-bond acceptors (Lipinski definition) is 6. The number of rotatable bonds is 6. The fraction of sp³-hybridized carbons (Fsp3) is 0.708. The van der Waals surface area contributed by atoms with Gasteiger partial charge in [-0.1, -0.05) is 57.8 Å². The van der Waals surface area contributed by atoms with E-state index in [1.54, 1.807) is 20.8 Å². The Morgan fingerprint density at radius 2 is 1.41 bits per heavy atom. The number of carbonyl (C=O) groups excluding carboxylic acids is 2. The first-order chi connectivity index (χ1) is 15.5. The summed E-state index contributed by atoms with van der Waals surface area (Å²) in [7, 11) is 0. The molecule has 0 amide bonds. The number of nitrogens with one attached hydrogen (secondary N) is 2. The van der Waals surface area contributed by atoms with Gasteiger partial charge in [-0.25, -0.2) is 9.59 Å². The van der Waals surface area contributed by atoms with E-state index in [0.29, 0.717) is 32.2 Å². The fourth-order valence-electron chi connectivity index (χ4n) is 4.07. The van der Waals surface area contributed by atoms with Crippen LogP contribution in [0.1, 0.15) is 110 Å². The minimum Gasteiger partial charge on any atom is -0.462 e. The van der Waals surface area contributed by atoms with Crippen LogP contribution in [-0.4, -0.2) is 36.3 Å². The maximum absolute atomic E-state index is 12.6. The quantitative estimate of drug-likeness (QED) is 0.360. The second-order valence-electron chi connectivity index (χ2n) is 8.26. The molecule has 0 unspecified atom stereocenters. The Morgan fingerprint density at radius 3 is 1.94 bits per heavy atom.